The largest absolute Gasteiger partial charge is 0.382 e. The molecule has 0 radical (unpaired) electrons. The van der Waals surface area contributed by atoms with E-state index < -0.39 is 0 Å². The van der Waals surface area contributed by atoms with Gasteiger partial charge >= 0.3 is 0 Å². The molecule has 1 heterocycles. The van der Waals surface area contributed by atoms with E-state index in [0.717, 1.165) is 28.6 Å². The van der Waals surface area contributed by atoms with E-state index in [-0.39, 0.29) is 0 Å². The van der Waals surface area contributed by atoms with Crippen LogP contribution in [0, 0.1) is 18.3 Å². The minimum absolute atomic E-state index is 0.376. The number of nitrogens with one attached hydrogen (secondary N) is 1. The molecule has 6 heteroatoms. The summed E-state index contributed by atoms with van der Waals surface area (Å²) in [4.78, 5) is 0. The van der Waals surface area contributed by atoms with Gasteiger partial charge in [-0.05, 0) is 43.5 Å². The van der Waals surface area contributed by atoms with Crippen LogP contribution in [0.2, 0.25) is 0 Å². The second-order valence-electron chi connectivity index (χ2n) is 4.98. The zero-order valence-corrected chi connectivity index (χ0v) is 12.6. The van der Waals surface area contributed by atoms with Crippen LogP contribution in [0.5, 0.6) is 0 Å². The fraction of sp³-hybridized carbons (Fsp3) is 0.286. The van der Waals surface area contributed by atoms with Crippen molar-refractivity contribution in [1.29, 1.82) is 5.26 Å². The summed E-state index contributed by atoms with van der Waals surface area (Å²) in [5, 5.41) is 17.0. The molecule has 102 valence electrons. The summed E-state index contributed by atoms with van der Waals surface area (Å²) in [5.41, 5.74) is 8.41. The number of aryl methyl sites for hydroxylation is 1. The second kappa shape index (κ2) is 4.84. The van der Waals surface area contributed by atoms with Crippen molar-refractivity contribution in [3.05, 3.63) is 33.8 Å². The molecule has 1 aromatic carbocycles. The highest BCUT2D eigenvalue weighted by atomic mass is 79.9. The minimum atomic E-state index is 0.376. The van der Waals surface area contributed by atoms with E-state index in [1.165, 1.54) is 0 Å². The zero-order chi connectivity index (χ0) is 14.3. The Morgan fingerprint density at radius 1 is 1.50 bits per heavy atom. The third-order valence-electron chi connectivity index (χ3n) is 3.34. The fourth-order valence-corrected chi connectivity index (χ4v) is 2.58. The fourth-order valence-electron chi connectivity index (χ4n) is 2.10. The summed E-state index contributed by atoms with van der Waals surface area (Å²) < 4.78 is 2.63. The van der Waals surface area contributed by atoms with Crippen LogP contribution in [0.25, 0.3) is 5.69 Å². The van der Waals surface area contributed by atoms with Gasteiger partial charge in [-0.1, -0.05) is 15.9 Å². The van der Waals surface area contributed by atoms with Crippen LogP contribution < -0.4 is 11.1 Å². The molecule has 1 saturated carbocycles. The van der Waals surface area contributed by atoms with E-state index in [4.69, 9.17) is 5.73 Å². The maximum Gasteiger partial charge on any atom is 0.168 e. The molecule has 0 unspecified atom stereocenters. The van der Waals surface area contributed by atoms with Crippen LogP contribution in [-0.2, 0) is 0 Å². The Labute approximate surface area is 125 Å². The Hall–Kier alpha value is -2.00. The van der Waals surface area contributed by atoms with Gasteiger partial charge in [-0.15, -0.1) is 5.10 Å². The summed E-state index contributed by atoms with van der Waals surface area (Å²) in [6, 6.07) is 8.43. The molecule has 3 N–H and O–H groups in total. The van der Waals surface area contributed by atoms with Crippen molar-refractivity contribution in [3.63, 3.8) is 0 Å². The summed E-state index contributed by atoms with van der Waals surface area (Å²) >= 11 is 3.44. The van der Waals surface area contributed by atoms with E-state index >= 15 is 0 Å². The van der Waals surface area contributed by atoms with Gasteiger partial charge in [-0.25, -0.2) is 4.68 Å². The molecule has 0 bridgehead atoms. The molecule has 0 aliphatic heterocycles. The van der Waals surface area contributed by atoms with Crippen molar-refractivity contribution in [2.75, 3.05) is 11.1 Å². The number of nitrogens with zero attached hydrogens (tertiary/aromatic N) is 3. The third kappa shape index (κ3) is 2.25. The van der Waals surface area contributed by atoms with Gasteiger partial charge in [0, 0.05) is 10.5 Å². The Kier molecular flexibility index (Phi) is 3.14. The summed E-state index contributed by atoms with van der Waals surface area (Å²) in [6.45, 7) is 1.99. The van der Waals surface area contributed by atoms with Gasteiger partial charge in [0.1, 0.15) is 17.5 Å². The van der Waals surface area contributed by atoms with Gasteiger partial charge in [-0.2, -0.15) is 5.26 Å². The maximum atomic E-state index is 9.28. The first-order chi connectivity index (χ1) is 9.60. The van der Waals surface area contributed by atoms with E-state index in [0.29, 0.717) is 23.2 Å². The monoisotopic (exact) mass is 331 g/mol. The van der Waals surface area contributed by atoms with Gasteiger partial charge in [0.2, 0.25) is 0 Å². The van der Waals surface area contributed by atoms with Crippen molar-refractivity contribution in [2.24, 2.45) is 0 Å². The molecule has 1 aliphatic rings. The van der Waals surface area contributed by atoms with Crippen molar-refractivity contribution in [1.82, 2.24) is 9.78 Å². The lowest BCUT2D eigenvalue weighted by Crippen LogP contribution is -2.05. The molecule has 2 aromatic rings. The van der Waals surface area contributed by atoms with Gasteiger partial charge in [0.25, 0.3) is 0 Å². The van der Waals surface area contributed by atoms with Crippen molar-refractivity contribution >= 4 is 27.6 Å². The number of aromatic nitrogens is 2. The predicted molar refractivity (Wildman–Crippen MR) is 81.8 cm³/mol. The Bertz CT molecular complexity index is 709. The summed E-state index contributed by atoms with van der Waals surface area (Å²) in [5.74, 6) is 0.955. The Morgan fingerprint density at radius 2 is 2.25 bits per heavy atom. The molecule has 1 aliphatic carbocycles. The van der Waals surface area contributed by atoms with E-state index in [9.17, 15) is 5.26 Å². The van der Waals surface area contributed by atoms with Crippen LogP contribution in [-0.4, -0.2) is 15.8 Å². The van der Waals surface area contributed by atoms with Crippen LogP contribution in [0.3, 0.4) is 0 Å². The molecule has 0 spiro atoms. The smallest absolute Gasteiger partial charge is 0.168 e. The van der Waals surface area contributed by atoms with Gasteiger partial charge in [0.05, 0.1) is 5.69 Å². The normalized spacial score (nSPS) is 14.1. The predicted octanol–water partition coefficient (Wildman–Crippen LogP) is 2.97. The molecular formula is C14H14BrN5. The van der Waals surface area contributed by atoms with Gasteiger partial charge < -0.3 is 11.1 Å². The Morgan fingerprint density at radius 3 is 2.85 bits per heavy atom. The highest BCUT2D eigenvalue weighted by Gasteiger charge is 2.25. The standard InChI is InChI=1S/C14H14BrN5/c1-8-6-9(15)2-5-12(8)20-13(17)11(7-16)14(19-20)18-10-3-4-10/h2,5-6,10H,3-4,17H2,1H3,(H,18,19). The van der Waals surface area contributed by atoms with Crippen LogP contribution in [0.1, 0.15) is 24.0 Å². The number of benzene rings is 1. The zero-order valence-electron chi connectivity index (χ0n) is 11.0. The molecule has 1 fully saturated rings. The lowest BCUT2D eigenvalue weighted by atomic mass is 10.2. The first-order valence-electron chi connectivity index (χ1n) is 6.42. The average Bonchev–Trinajstić information content (AvgIpc) is 3.15. The third-order valence-corrected chi connectivity index (χ3v) is 3.83. The lowest BCUT2D eigenvalue weighted by molar-refractivity contribution is 0.879. The molecule has 0 atom stereocenters. The summed E-state index contributed by atoms with van der Waals surface area (Å²) in [7, 11) is 0. The number of anilines is 2. The number of nitrogen functional groups attached to an aromatic ring is 1. The maximum absolute atomic E-state index is 9.28. The number of nitriles is 1. The SMILES string of the molecule is Cc1cc(Br)ccc1-n1nc(NC2CC2)c(C#N)c1N. The van der Waals surface area contributed by atoms with Crippen molar-refractivity contribution in [2.45, 2.75) is 25.8 Å². The molecule has 0 amide bonds. The highest BCUT2D eigenvalue weighted by Crippen LogP contribution is 2.30. The van der Waals surface area contributed by atoms with Crippen LogP contribution >= 0.6 is 15.9 Å². The number of hydrogen-bond acceptors (Lipinski definition) is 4. The second-order valence-corrected chi connectivity index (χ2v) is 5.90. The van der Waals surface area contributed by atoms with Gasteiger partial charge in [-0.3, -0.25) is 0 Å². The average molecular weight is 332 g/mol. The van der Waals surface area contributed by atoms with Crippen LogP contribution in [0.4, 0.5) is 11.6 Å². The van der Waals surface area contributed by atoms with Crippen LogP contribution in [0.15, 0.2) is 22.7 Å². The van der Waals surface area contributed by atoms with Gasteiger partial charge in [0.15, 0.2) is 5.82 Å². The van der Waals surface area contributed by atoms with E-state index in [2.05, 4.69) is 32.4 Å². The number of rotatable bonds is 3. The molecule has 20 heavy (non-hydrogen) atoms. The Balaban J connectivity index is 2.09. The topological polar surface area (TPSA) is 79.7 Å². The first kappa shape index (κ1) is 13.0. The van der Waals surface area contributed by atoms with Crippen molar-refractivity contribution in [3.8, 4) is 11.8 Å². The molecule has 1 aromatic heterocycles. The van der Waals surface area contributed by atoms with Crippen molar-refractivity contribution < 1.29 is 0 Å². The lowest BCUT2D eigenvalue weighted by Gasteiger charge is -2.07. The molecule has 3 rings (SSSR count). The van der Waals surface area contributed by atoms with E-state index in [1.54, 1.807) is 4.68 Å². The molecule has 0 saturated heterocycles. The molecule has 5 nitrogen and oxygen atoms in total. The van der Waals surface area contributed by atoms with E-state index in [1.807, 2.05) is 25.1 Å². The summed E-state index contributed by atoms with van der Waals surface area (Å²) in [6.07, 6.45) is 2.24. The quantitative estimate of drug-likeness (QED) is 0.906. The number of nitrogens with two attached hydrogens (primary N) is 1. The number of halogens is 1. The minimum Gasteiger partial charge on any atom is -0.382 e. The molecular weight excluding hydrogens is 318 g/mol. The number of hydrogen-bond donors (Lipinski definition) is 2. The first-order valence-corrected chi connectivity index (χ1v) is 7.21. The highest BCUT2D eigenvalue weighted by molar-refractivity contribution is 9.10.